The van der Waals surface area contributed by atoms with Crippen LogP contribution in [0.3, 0.4) is 0 Å². The molecule has 3 aromatic rings. The first-order chi connectivity index (χ1) is 16.1. The maximum atomic E-state index is 9.19. The summed E-state index contributed by atoms with van der Waals surface area (Å²) in [5, 5.41) is 12.5. The molecule has 4 nitrogen and oxygen atoms in total. The van der Waals surface area contributed by atoms with Gasteiger partial charge in [-0.3, -0.25) is 0 Å². The number of fused-ring (bicyclic) bond motifs is 1. The van der Waals surface area contributed by atoms with Crippen LogP contribution < -0.4 is 15.0 Å². The third kappa shape index (κ3) is 7.83. The normalized spacial score (nSPS) is 12.3. The molecule has 0 unspecified atom stereocenters. The number of phenols is 1. The number of ether oxygens (including phenoxy) is 1. The molecule has 0 heterocycles. The summed E-state index contributed by atoms with van der Waals surface area (Å²) in [6.45, 7) is 5.10. The van der Waals surface area contributed by atoms with Crippen LogP contribution in [-0.2, 0) is 25.8 Å². The molecule has 0 fully saturated rings. The predicted molar refractivity (Wildman–Crippen MR) is 139 cm³/mol. The quantitative estimate of drug-likeness (QED) is 0.432. The van der Waals surface area contributed by atoms with E-state index in [1.54, 1.807) is 13.2 Å². The van der Waals surface area contributed by atoms with E-state index in [0.29, 0.717) is 5.75 Å². The molecule has 1 aliphatic rings. The number of anilines is 1. The Bertz CT molecular complexity index is 985. The van der Waals surface area contributed by atoms with Crippen LogP contribution in [-0.4, -0.2) is 32.4 Å². The Balaban J connectivity index is 0.000000231. The van der Waals surface area contributed by atoms with E-state index in [4.69, 9.17) is 4.74 Å². The van der Waals surface area contributed by atoms with Crippen LogP contribution in [0.2, 0.25) is 0 Å². The van der Waals surface area contributed by atoms with Gasteiger partial charge in [-0.25, -0.2) is 0 Å². The summed E-state index contributed by atoms with van der Waals surface area (Å²) < 4.78 is 5.29. The second-order valence-electron chi connectivity index (χ2n) is 8.64. The van der Waals surface area contributed by atoms with Crippen molar-refractivity contribution in [3.05, 3.63) is 89.0 Å². The molecule has 1 aliphatic carbocycles. The number of benzene rings is 3. The SMILES string of the molecule is CCNCCc1ccc(CN(C)c2cccc(OC)c2)cc1.Oc1ccc2c(c1)CCCC2. The number of nitrogens with one attached hydrogen (secondary N) is 1. The average Bonchev–Trinajstić information content (AvgIpc) is 2.85. The van der Waals surface area contributed by atoms with Crippen LogP contribution in [0.5, 0.6) is 11.5 Å². The molecule has 0 bridgehead atoms. The Kier molecular flexibility index (Phi) is 9.64. The minimum absolute atomic E-state index is 0.408. The fourth-order valence-electron chi connectivity index (χ4n) is 4.15. The van der Waals surface area contributed by atoms with Gasteiger partial charge in [0.1, 0.15) is 11.5 Å². The molecular weight excluding hydrogens is 408 g/mol. The van der Waals surface area contributed by atoms with Crippen molar-refractivity contribution in [1.29, 1.82) is 0 Å². The molecule has 4 heteroatoms. The van der Waals surface area contributed by atoms with E-state index in [1.165, 1.54) is 41.5 Å². The molecule has 3 aromatic carbocycles. The first kappa shape index (κ1) is 24.7. The van der Waals surface area contributed by atoms with Crippen LogP contribution in [0, 0.1) is 0 Å². The Morgan fingerprint density at radius 1 is 0.909 bits per heavy atom. The maximum absolute atomic E-state index is 9.19. The van der Waals surface area contributed by atoms with Gasteiger partial charge in [-0.15, -0.1) is 0 Å². The summed E-state index contributed by atoms with van der Waals surface area (Å²) in [5.74, 6) is 1.30. The fraction of sp³-hybridized carbons (Fsp3) is 0.379. The lowest BCUT2D eigenvalue weighted by Gasteiger charge is -2.20. The van der Waals surface area contributed by atoms with Crippen molar-refractivity contribution >= 4 is 5.69 Å². The summed E-state index contributed by atoms with van der Waals surface area (Å²) in [6, 6.07) is 22.8. The molecule has 2 N–H and O–H groups in total. The summed E-state index contributed by atoms with van der Waals surface area (Å²) in [5.41, 5.74) is 6.63. The number of hydrogen-bond donors (Lipinski definition) is 2. The molecule has 0 radical (unpaired) electrons. The van der Waals surface area contributed by atoms with Crippen LogP contribution in [0.25, 0.3) is 0 Å². The minimum Gasteiger partial charge on any atom is -0.508 e. The monoisotopic (exact) mass is 446 g/mol. The molecule has 176 valence electrons. The molecule has 0 amide bonds. The highest BCUT2D eigenvalue weighted by Crippen LogP contribution is 2.24. The zero-order chi connectivity index (χ0) is 23.5. The smallest absolute Gasteiger partial charge is 0.120 e. The highest BCUT2D eigenvalue weighted by molar-refractivity contribution is 5.50. The largest absolute Gasteiger partial charge is 0.508 e. The van der Waals surface area contributed by atoms with E-state index < -0.39 is 0 Å². The topological polar surface area (TPSA) is 44.7 Å². The van der Waals surface area contributed by atoms with Gasteiger partial charge in [-0.2, -0.15) is 0 Å². The molecular formula is C29H38N2O2. The van der Waals surface area contributed by atoms with E-state index in [0.717, 1.165) is 43.9 Å². The van der Waals surface area contributed by atoms with Gasteiger partial charge in [0.25, 0.3) is 0 Å². The van der Waals surface area contributed by atoms with Gasteiger partial charge in [0.05, 0.1) is 7.11 Å². The zero-order valence-corrected chi connectivity index (χ0v) is 20.3. The number of likely N-dealkylation sites (N-methyl/N-ethyl adjacent to an activating group) is 1. The Hall–Kier alpha value is -2.98. The highest BCUT2D eigenvalue weighted by atomic mass is 16.5. The molecule has 0 saturated heterocycles. The van der Waals surface area contributed by atoms with Crippen molar-refractivity contribution < 1.29 is 9.84 Å². The highest BCUT2D eigenvalue weighted by Gasteiger charge is 2.08. The predicted octanol–water partition coefficient (Wildman–Crippen LogP) is 5.75. The van der Waals surface area contributed by atoms with E-state index in [-0.39, 0.29) is 0 Å². The van der Waals surface area contributed by atoms with Gasteiger partial charge >= 0.3 is 0 Å². The number of aryl methyl sites for hydroxylation is 2. The molecule has 4 rings (SSSR count). The number of aromatic hydroxyl groups is 1. The summed E-state index contributed by atoms with van der Waals surface area (Å²) in [7, 11) is 3.80. The summed E-state index contributed by atoms with van der Waals surface area (Å²) in [6.07, 6.45) is 5.99. The Morgan fingerprint density at radius 2 is 1.64 bits per heavy atom. The van der Waals surface area contributed by atoms with E-state index in [1.807, 2.05) is 24.3 Å². The van der Waals surface area contributed by atoms with Gasteiger partial charge in [-0.1, -0.05) is 43.3 Å². The number of rotatable bonds is 8. The van der Waals surface area contributed by atoms with Crippen molar-refractivity contribution in [3.8, 4) is 11.5 Å². The standard InChI is InChI=1S/C19H26N2O.C10H12O/c1-4-20-13-12-16-8-10-17(11-9-16)15-21(2)18-6-5-7-19(14-18)22-3;11-10-6-5-8-3-1-2-4-9(8)7-10/h5-11,14,20H,4,12-13,15H2,1-3H3;5-7,11H,1-4H2. The van der Waals surface area contributed by atoms with Crippen LogP contribution in [0.15, 0.2) is 66.7 Å². The lowest BCUT2D eigenvalue weighted by molar-refractivity contribution is 0.415. The maximum Gasteiger partial charge on any atom is 0.120 e. The molecule has 33 heavy (non-hydrogen) atoms. The van der Waals surface area contributed by atoms with Crippen molar-refractivity contribution in [2.45, 2.75) is 45.6 Å². The second kappa shape index (κ2) is 12.9. The Morgan fingerprint density at radius 3 is 2.36 bits per heavy atom. The van der Waals surface area contributed by atoms with E-state index >= 15 is 0 Å². The lowest BCUT2D eigenvalue weighted by Crippen LogP contribution is -2.17. The first-order valence-corrected chi connectivity index (χ1v) is 12.0. The number of methoxy groups -OCH3 is 1. The Labute approximate surface area is 199 Å². The van der Waals surface area contributed by atoms with Gasteiger partial charge in [-0.05, 0) is 91.7 Å². The summed E-state index contributed by atoms with van der Waals surface area (Å²) >= 11 is 0. The van der Waals surface area contributed by atoms with Crippen molar-refractivity contribution in [2.75, 3.05) is 32.1 Å². The van der Waals surface area contributed by atoms with Gasteiger partial charge in [0, 0.05) is 25.3 Å². The van der Waals surface area contributed by atoms with Crippen molar-refractivity contribution in [1.82, 2.24) is 5.32 Å². The number of phenolic OH excluding ortho intramolecular Hbond substituents is 1. The molecule has 0 aromatic heterocycles. The van der Waals surface area contributed by atoms with E-state index in [9.17, 15) is 5.11 Å². The van der Waals surface area contributed by atoms with Gasteiger partial charge in [0.2, 0.25) is 0 Å². The third-order valence-corrected chi connectivity index (χ3v) is 6.11. The fourth-order valence-corrected chi connectivity index (χ4v) is 4.15. The van der Waals surface area contributed by atoms with Crippen LogP contribution in [0.1, 0.15) is 42.0 Å². The molecule has 0 saturated carbocycles. The zero-order valence-electron chi connectivity index (χ0n) is 20.3. The van der Waals surface area contributed by atoms with Crippen molar-refractivity contribution in [2.24, 2.45) is 0 Å². The summed E-state index contributed by atoms with van der Waals surface area (Å²) in [4.78, 5) is 2.23. The molecule has 0 atom stereocenters. The third-order valence-electron chi connectivity index (χ3n) is 6.11. The first-order valence-electron chi connectivity index (χ1n) is 12.0. The number of hydrogen-bond acceptors (Lipinski definition) is 4. The minimum atomic E-state index is 0.408. The number of nitrogens with zero attached hydrogens (tertiary/aromatic N) is 1. The molecule has 0 spiro atoms. The van der Waals surface area contributed by atoms with Crippen LogP contribution >= 0.6 is 0 Å². The lowest BCUT2D eigenvalue weighted by atomic mass is 9.92. The average molecular weight is 447 g/mol. The van der Waals surface area contributed by atoms with Gasteiger partial charge < -0.3 is 20.1 Å². The van der Waals surface area contributed by atoms with Crippen molar-refractivity contribution in [3.63, 3.8) is 0 Å². The second-order valence-corrected chi connectivity index (χ2v) is 8.64. The van der Waals surface area contributed by atoms with E-state index in [2.05, 4.69) is 60.6 Å². The van der Waals surface area contributed by atoms with Gasteiger partial charge in [0.15, 0.2) is 0 Å². The molecule has 0 aliphatic heterocycles. The van der Waals surface area contributed by atoms with Crippen LogP contribution in [0.4, 0.5) is 5.69 Å².